The normalized spacial score (nSPS) is 18.1. The van der Waals surface area contributed by atoms with Gasteiger partial charge in [0.1, 0.15) is 5.75 Å². The van der Waals surface area contributed by atoms with Crippen molar-refractivity contribution in [1.29, 1.82) is 0 Å². The van der Waals surface area contributed by atoms with Crippen LogP contribution in [0.5, 0.6) is 5.75 Å². The molecule has 2 aromatic carbocycles. The number of alkyl halides is 3. The number of carbonyl (C=O) groups is 2. The number of aromatic nitrogens is 1. The molecule has 1 aromatic heterocycles. The molecule has 1 unspecified atom stereocenters. The number of hydrogen-bond acceptors (Lipinski definition) is 4. The molecule has 1 atom stereocenters. The first-order chi connectivity index (χ1) is 18.6. The van der Waals surface area contributed by atoms with Gasteiger partial charge in [-0.05, 0) is 73.1 Å². The van der Waals surface area contributed by atoms with Gasteiger partial charge in [-0.25, -0.2) is 0 Å². The van der Waals surface area contributed by atoms with E-state index < -0.39 is 11.7 Å². The molecule has 0 bridgehead atoms. The van der Waals surface area contributed by atoms with Crippen molar-refractivity contribution in [1.82, 2.24) is 15.2 Å². The number of piperidine rings is 1. The second-order valence-corrected chi connectivity index (χ2v) is 10.4. The summed E-state index contributed by atoms with van der Waals surface area (Å²) in [4.78, 5) is 32.2. The third-order valence-electron chi connectivity index (χ3n) is 8.04. The van der Waals surface area contributed by atoms with Gasteiger partial charge in [-0.1, -0.05) is 24.3 Å². The van der Waals surface area contributed by atoms with E-state index in [1.165, 1.54) is 18.3 Å². The van der Waals surface area contributed by atoms with Gasteiger partial charge in [-0.15, -0.1) is 0 Å². The van der Waals surface area contributed by atoms with Gasteiger partial charge < -0.3 is 15.0 Å². The number of carbonyl (C=O) groups excluding carboxylic acids is 2. The van der Waals surface area contributed by atoms with Crippen LogP contribution >= 0.6 is 0 Å². The van der Waals surface area contributed by atoms with Gasteiger partial charge in [0.25, 0.3) is 5.91 Å². The smallest absolute Gasteiger partial charge is 0.416 e. The van der Waals surface area contributed by atoms with Crippen LogP contribution in [0.1, 0.15) is 46.3 Å². The Hall–Kier alpha value is -3.88. The average molecular weight is 538 g/mol. The second-order valence-electron chi connectivity index (χ2n) is 10.4. The van der Waals surface area contributed by atoms with E-state index in [1.54, 1.807) is 24.1 Å². The van der Waals surface area contributed by atoms with Crippen molar-refractivity contribution in [2.45, 2.75) is 44.8 Å². The number of nitrogens with one attached hydrogen (secondary N) is 1. The van der Waals surface area contributed by atoms with Crippen LogP contribution in [0, 0.1) is 12.3 Å². The highest BCUT2D eigenvalue weighted by Gasteiger charge is 2.56. The molecule has 6 nitrogen and oxygen atoms in total. The van der Waals surface area contributed by atoms with Crippen molar-refractivity contribution < 1.29 is 27.5 Å². The number of benzene rings is 2. The molecule has 2 aliphatic rings. The number of methoxy groups -OCH3 is 1. The molecule has 1 spiro atoms. The first-order valence-electron chi connectivity index (χ1n) is 12.9. The maximum absolute atomic E-state index is 13.4. The molecule has 39 heavy (non-hydrogen) atoms. The molecule has 1 N–H and O–H groups in total. The molecule has 0 radical (unpaired) electrons. The van der Waals surface area contributed by atoms with Crippen molar-refractivity contribution in [2.75, 3.05) is 20.2 Å². The lowest BCUT2D eigenvalue weighted by Gasteiger charge is -2.33. The van der Waals surface area contributed by atoms with Crippen molar-refractivity contribution in [2.24, 2.45) is 5.41 Å². The molecule has 3 aromatic rings. The topological polar surface area (TPSA) is 71.5 Å². The molecule has 9 heteroatoms. The van der Waals surface area contributed by atoms with Crippen LogP contribution in [0.25, 0.3) is 11.3 Å². The van der Waals surface area contributed by atoms with Gasteiger partial charge in [-0.3, -0.25) is 14.6 Å². The Kier molecular flexibility index (Phi) is 7.09. The van der Waals surface area contributed by atoms with E-state index in [1.807, 2.05) is 25.1 Å². The molecule has 2 heterocycles. The van der Waals surface area contributed by atoms with Crippen LogP contribution in [0.3, 0.4) is 0 Å². The van der Waals surface area contributed by atoms with Crippen LogP contribution in [0.2, 0.25) is 0 Å². The Labute approximate surface area is 225 Å². The van der Waals surface area contributed by atoms with Gasteiger partial charge in [0.15, 0.2) is 0 Å². The minimum atomic E-state index is -4.49. The number of rotatable bonds is 6. The van der Waals surface area contributed by atoms with Gasteiger partial charge >= 0.3 is 6.18 Å². The predicted molar refractivity (Wildman–Crippen MR) is 140 cm³/mol. The fourth-order valence-electron chi connectivity index (χ4n) is 5.57. The minimum absolute atomic E-state index is 0.0192. The number of nitrogens with zero attached hydrogens (tertiary/aromatic N) is 2. The Morgan fingerprint density at radius 1 is 1.10 bits per heavy atom. The van der Waals surface area contributed by atoms with Gasteiger partial charge in [0.2, 0.25) is 5.91 Å². The number of hydrogen-bond donors (Lipinski definition) is 1. The Bertz CT molecular complexity index is 1400. The fourth-order valence-corrected chi connectivity index (χ4v) is 5.57. The summed E-state index contributed by atoms with van der Waals surface area (Å²) < 4.78 is 45.1. The van der Waals surface area contributed by atoms with Crippen molar-refractivity contribution in [3.63, 3.8) is 0 Å². The summed E-state index contributed by atoms with van der Waals surface area (Å²) in [5.74, 6) is 0.470. The zero-order valence-corrected chi connectivity index (χ0v) is 21.8. The summed E-state index contributed by atoms with van der Waals surface area (Å²) in [6, 6.07) is 13.9. The van der Waals surface area contributed by atoms with Crippen molar-refractivity contribution >= 4 is 11.8 Å². The van der Waals surface area contributed by atoms with E-state index in [2.05, 4.69) is 10.3 Å². The first kappa shape index (κ1) is 26.7. The monoisotopic (exact) mass is 537 g/mol. The maximum Gasteiger partial charge on any atom is 0.416 e. The summed E-state index contributed by atoms with van der Waals surface area (Å²) in [5.41, 5.74) is 1.84. The Morgan fingerprint density at radius 3 is 2.56 bits per heavy atom. The highest BCUT2D eigenvalue weighted by molar-refractivity contribution is 6.00. The number of amides is 2. The van der Waals surface area contributed by atoms with Crippen molar-refractivity contribution in [3.8, 4) is 17.0 Å². The van der Waals surface area contributed by atoms with E-state index in [-0.39, 0.29) is 46.5 Å². The SMILES string of the molecule is COc1cccc(CC(=O)NC2CC23CCN(C(=O)c2cccnc2-c2cccc(C(F)(F)F)c2)CC3)c1C. The molecular formula is C30H30F3N3O3. The largest absolute Gasteiger partial charge is 0.496 e. The van der Waals surface area contributed by atoms with Gasteiger partial charge in [0.05, 0.1) is 30.4 Å². The number of pyridine rings is 1. The summed E-state index contributed by atoms with van der Waals surface area (Å²) >= 11 is 0. The van der Waals surface area contributed by atoms with Crippen LogP contribution in [-0.2, 0) is 17.4 Å². The average Bonchev–Trinajstić information content (AvgIpc) is 3.59. The zero-order valence-electron chi connectivity index (χ0n) is 21.8. The molecular weight excluding hydrogens is 507 g/mol. The second kappa shape index (κ2) is 10.4. The summed E-state index contributed by atoms with van der Waals surface area (Å²) in [6.07, 6.45) is -0.358. The molecule has 1 saturated heterocycles. The first-order valence-corrected chi connectivity index (χ1v) is 12.9. The fraction of sp³-hybridized carbons (Fsp3) is 0.367. The van der Waals surface area contributed by atoms with Gasteiger partial charge in [-0.2, -0.15) is 13.2 Å². The highest BCUT2D eigenvalue weighted by Crippen LogP contribution is 2.54. The highest BCUT2D eigenvalue weighted by atomic mass is 19.4. The summed E-state index contributed by atoms with van der Waals surface area (Å²) in [5, 5.41) is 3.17. The number of likely N-dealkylation sites (tertiary alicyclic amines) is 1. The molecule has 2 amide bonds. The molecule has 204 valence electrons. The standard InChI is InChI=1S/C30H30F3N3O3/c1-19-20(6-4-10-24(19)39-2)17-26(37)35-25-18-29(25)11-14-36(15-12-29)28(38)23-9-5-13-34-27(23)21-7-3-8-22(16-21)30(31,32)33/h3-10,13,16,25H,11-12,14-15,17-18H2,1-2H3,(H,35,37). The van der Waals surface area contributed by atoms with Crippen LogP contribution < -0.4 is 10.1 Å². The van der Waals surface area contributed by atoms with E-state index in [0.717, 1.165) is 48.3 Å². The molecule has 1 saturated carbocycles. The lowest BCUT2D eigenvalue weighted by molar-refractivity contribution is -0.137. The zero-order chi connectivity index (χ0) is 27.8. The third kappa shape index (κ3) is 5.48. The summed E-state index contributed by atoms with van der Waals surface area (Å²) in [6.45, 7) is 2.96. The van der Waals surface area contributed by atoms with Crippen LogP contribution in [0.15, 0.2) is 60.8 Å². The van der Waals surface area contributed by atoms with Gasteiger partial charge in [0, 0.05) is 30.9 Å². The van der Waals surface area contributed by atoms with Crippen LogP contribution in [0.4, 0.5) is 13.2 Å². The third-order valence-corrected chi connectivity index (χ3v) is 8.04. The van der Waals surface area contributed by atoms with E-state index in [4.69, 9.17) is 4.74 Å². The molecule has 1 aliphatic heterocycles. The number of halogens is 3. The predicted octanol–water partition coefficient (Wildman–Crippen LogP) is 5.44. The molecule has 1 aliphatic carbocycles. The Morgan fingerprint density at radius 2 is 1.85 bits per heavy atom. The quantitative estimate of drug-likeness (QED) is 0.455. The Balaban J connectivity index is 1.21. The van der Waals surface area contributed by atoms with E-state index in [9.17, 15) is 22.8 Å². The molecule has 5 rings (SSSR count). The minimum Gasteiger partial charge on any atom is -0.496 e. The lowest BCUT2D eigenvalue weighted by Crippen LogP contribution is -2.42. The van der Waals surface area contributed by atoms with Crippen molar-refractivity contribution in [3.05, 3.63) is 83.0 Å². The number of ether oxygens (including phenoxy) is 1. The van der Waals surface area contributed by atoms with E-state index >= 15 is 0 Å². The molecule has 2 fully saturated rings. The van der Waals surface area contributed by atoms with Crippen LogP contribution in [-0.4, -0.2) is 47.9 Å². The maximum atomic E-state index is 13.4. The lowest BCUT2D eigenvalue weighted by atomic mass is 9.91. The summed E-state index contributed by atoms with van der Waals surface area (Å²) in [7, 11) is 1.61. The van der Waals surface area contributed by atoms with E-state index in [0.29, 0.717) is 13.1 Å².